The molecule has 0 unspecified atom stereocenters. The summed E-state index contributed by atoms with van der Waals surface area (Å²) in [5.41, 5.74) is 6.16. The van der Waals surface area contributed by atoms with Crippen LogP contribution in [0.1, 0.15) is 49.3 Å². The number of amides is 2. The zero-order valence-electron chi connectivity index (χ0n) is 17.6. The van der Waals surface area contributed by atoms with Gasteiger partial charge in [-0.25, -0.2) is 5.43 Å². The number of carbonyl (C=O) groups excluding carboxylic acids is 2. The Morgan fingerprint density at radius 3 is 2.63 bits per heavy atom. The van der Waals surface area contributed by atoms with E-state index >= 15 is 0 Å². The fourth-order valence-electron chi connectivity index (χ4n) is 2.60. The van der Waals surface area contributed by atoms with Gasteiger partial charge in [-0.1, -0.05) is 25.5 Å². The van der Waals surface area contributed by atoms with Crippen LogP contribution >= 0.6 is 15.9 Å². The SMILES string of the molecule is CCCCOc1ccc(C=NNC(=O)CCC(=O)Nc2cccc(C)c2C)cc1Br. The average molecular weight is 474 g/mol. The number of carbonyl (C=O) groups is 2. The molecule has 0 aliphatic rings. The van der Waals surface area contributed by atoms with E-state index in [2.05, 4.69) is 38.7 Å². The highest BCUT2D eigenvalue weighted by Gasteiger charge is 2.09. The first-order valence-electron chi connectivity index (χ1n) is 10.0. The zero-order chi connectivity index (χ0) is 21.9. The molecule has 0 saturated heterocycles. The van der Waals surface area contributed by atoms with Gasteiger partial charge in [0, 0.05) is 18.5 Å². The Bertz CT molecular complexity index is 913. The molecule has 0 bridgehead atoms. The topological polar surface area (TPSA) is 79.8 Å². The number of nitrogens with zero attached hydrogens (tertiary/aromatic N) is 1. The van der Waals surface area contributed by atoms with E-state index in [4.69, 9.17) is 4.74 Å². The second-order valence-electron chi connectivity index (χ2n) is 6.98. The molecule has 2 amide bonds. The molecule has 0 radical (unpaired) electrons. The molecule has 6 nitrogen and oxygen atoms in total. The number of hydrogen-bond donors (Lipinski definition) is 2. The molecule has 0 atom stereocenters. The molecule has 0 fully saturated rings. The molecule has 0 saturated carbocycles. The Morgan fingerprint density at radius 2 is 1.90 bits per heavy atom. The number of aryl methyl sites for hydroxylation is 1. The Kier molecular flexibility index (Phi) is 9.54. The normalized spacial score (nSPS) is 10.8. The van der Waals surface area contributed by atoms with Crippen LogP contribution in [0.15, 0.2) is 46.0 Å². The lowest BCUT2D eigenvalue weighted by Crippen LogP contribution is -2.21. The molecule has 0 heterocycles. The van der Waals surface area contributed by atoms with Gasteiger partial charge in [-0.15, -0.1) is 0 Å². The van der Waals surface area contributed by atoms with Gasteiger partial charge < -0.3 is 10.1 Å². The molecule has 0 aromatic heterocycles. The van der Waals surface area contributed by atoms with E-state index in [9.17, 15) is 9.59 Å². The number of rotatable bonds is 10. The largest absolute Gasteiger partial charge is 0.492 e. The first-order chi connectivity index (χ1) is 14.4. The molecule has 2 aromatic carbocycles. The van der Waals surface area contributed by atoms with Gasteiger partial charge in [0.2, 0.25) is 11.8 Å². The lowest BCUT2D eigenvalue weighted by Gasteiger charge is -2.10. The van der Waals surface area contributed by atoms with Crippen LogP contribution in [-0.2, 0) is 9.59 Å². The highest BCUT2D eigenvalue weighted by atomic mass is 79.9. The molecule has 2 aromatic rings. The van der Waals surface area contributed by atoms with E-state index in [0.29, 0.717) is 6.61 Å². The van der Waals surface area contributed by atoms with Gasteiger partial charge in [-0.2, -0.15) is 5.10 Å². The lowest BCUT2D eigenvalue weighted by molar-refractivity contribution is -0.124. The predicted octanol–water partition coefficient (Wildman–Crippen LogP) is 5.11. The minimum absolute atomic E-state index is 0.0575. The van der Waals surface area contributed by atoms with E-state index in [1.807, 2.05) is 50.2 Å². The highest BCUT2D eigenvalue weighted by molar-refractivity contribution is 9.10. The fraction of sp³-hybridized carbons (Fsp3) is 0.348. The third-order valence-corrected chi connectivity index (χ3v) is 5.19. The monoisotopic (exact) mass is 473 g/mol. The standard InChI is InChI=1S/C23H28BrN3O3/c1-4-5-13-30-21-10-9-18(14-19(21)24)15-25-27-23(29)12-11-22(28)26-20-8-6-7-16(2)17(20)3/h6-10,14-15H,4-5,11-13H2,1-3H3,(H,26,28)(H,27,29). The van der Waals surface area contributed by atoms with Crippen LogP contribution < -0.4 is 15.5 Å². The van der Waals surface area contributed by atoms with E-state index in [-0.39, 0.29) is 24.7 Å². The van der Waals surface area contributed by atoms with Crippen LogP contribution in [0, 0.1) is 13.8 Å². The number of hydrazone groups is 1. The minimum atomic E-state index is -0.319. The number of anilines is 1. The van der Waals surface area contributed by atoms with Crippen molar-refractivity contribution >= 4 is 39.6 Å². The summed E-state index contributed by atoms with van der Waals surface area (Å²) in [5, 5.41) is 6.80. The number of hydrogen-bond acceptors (Lipinski definition) is 4. The van der Waals surface area contributed by atoms with E-state index < -0.39 is 0 Å². The van der Waals surface area contributed by atoms with E-state index in [1.54, 1.807) is 6.21 Å². The minimum Gasteiger partial charge on any atom is -0.492 e. The van der Waals surface area contributed by atoms with E-state index in [0.717, 1.165) is 45.4 Å². The maximum atomic E-state index is 12.1. The second-order valence-corrected chi connectivity index (χ2v) is 7.84. The molecule has 0 aliphatic heterocycles. The summed E-state index contributed by atoms with van der Waals surface area (Å²) in [5.74, 6) is 0.255. The van der Waals surface area contributed by atoms with Gasteiger partial charge in [-0.3, -0.25) is 9.59 Å². The maximum Gasteiger partial charge on any atom is 0.240 e. The maximum absolute atomic E-state index is 12.1. The van der Waals surface area contributed by atoms with Gasteiger partial charge in [0.1, 0.15) is 5.75 Å². The summed E-state index contributed by atoms with van der Waals surface area (Å²) in [4.78, 5) is 24.0. The van der Waals surface area contributed by atoms with Crippen LogP contribution in [0.5, 0.6) is 5.75 Å². The van der Waals surface area contributed by atoms with Crippen LogP contribution in [0.2, 0.25) is 0 Å². The van der Waals surface area contributed by atoms with Crippen molar-refractivity contribution in [3.63, 3.8) is 0 Å². The van der Waals surface area contributed by atoms with Crippen LogP contribution in [0.4, 0.5) is 5.69 Å². The van der Waals surface area contributed by atoms with Crippen molar-refractivity contribution in [2.75, 3.05) is 11.9 Å². The molecule has 160 valence electrons. The molecule has 7 heteroatoms. The van der Waals surface area contributed by atoms with Gasteiger partial charge >= 0.3 is 0 Å². The summed E-state index contributed by atoms with van der Waals surface area (Å²) in [6, 6.07) is 11.3. The molecule has 0 aliphatic carbocycles. The number of halogens is 1. The number of unbranched alkanes of at least 4 members (excludes halogenated alkanes) is 1. The molecule has 30 heavy (non-hydrogen) atoms. The Labute approximate surface area is 186 Å². The Balaban J connectivity index is 1.77. The van der Waals surface area contributed by atoms with Crippen molar-refractivity contribution in [3.8, 4) is 5.75 Å². The van der Waals surface area contributed by atoms with E-state index in [1.165, 1.54) is 0 Å². The molecular formula is C23H28BrN3O3. The van der Waals surface area contributed by atoms with Gasteiger partial charge in [-0.05, 0) is 77.2 Å². The van der Waals surface area contributed by atoms with Gasteiger partial charge in [0.25, 0.3) is 0 Å². The molecule has 0 spiro atoms. The zero-order valence-corrected chi connectivity index (χ0v) is 19.2. The summed E-state index contributed by atoms with van der Waals surface area (Å²) >= 11 is 3.48. The Hall–Kier alpha value is -2.67. The Morgan fingerprint density at radius 1 is 1.13 bits per heavy atom. The number of benzene rings is 2. The lowest BCUT2D eigenvalue weighted by atomic mass is 10.1. The molecule has 2 N–H and O–H groups in total. The summed E-state index contributed by atoms with van der Waals surface area (Å²) in [6.07, 6.45) is 3.78. The number of ether oxygens (including phenoxy) is 1. The molecular weight excluding hydrogens is 446 g/mol. The smallest absolute Gasteiger partial charge is 0.240 e. The second kappa shape index (κ2) is 12.1. The third-order valence-electron chi connectivity index (χ3n) is 4.57. The molecule has 2 rings (SSSR count). The first kappa shape index (κ1) is 23.6. The summed E-state index contributed by atoms with van der Waals surface area (Å²) < 4.78 is 6.52. The van der Waals surface area contributed by atoms with Crippen LogP contribution in [0.3, 0.4) is 0 Å². The van der Waals surface area contributed by atoms with Crippen molar-refractivity contribution < 1.29 is 14.3 Å². The van der Waals surface area contributed by atoms with Crippen molar-refractivity contribution in [1.82, 2.24) is 5.43 Å². The predicted molar refractivity (Wildman–Crippen MR) is 124 cm³/mol. The van der Waals surface area contributed by atoms with Gasteiger partial charge in [0.15, 0.2) is 0 Å². The highest BCUT2D eigenvalue weighted by Crippen LogP contribution is 2.25. The fourth-order valence-corrected chi connectivity index (χ4v) is 3.11. The first-order valence-corrected chi connectivity index (χ1v) is 10.8. The van der Waals surface area contributed by atoms with Crippen LogP contribution in [-0.4, -0.2) is 24.6 Å². The van der Waals surface area contributed by atoms with Crippen molar-refractivity contribution in [3.05, 3.63) is 57.6 Å². The quantitative estimate of drug-likeness (QED) is 0.285. The summed E-state index contributed by atoms with van der Waals surface area (Å²) in [7, 11) is 0. The van der Waals surface area contributed by atoms with Crippen molar-refractivity contribution in [1.29, 1.82) is 0 Å². The van der Waals surface area contributed by atoms with Crippen molar-refractivity contribution in [2.24, 2.45) is 5.10 Å². The van der Waals surface area contributed by atoms with Crippen LogP contribution in [0.25, 0.3) is 0 Å². The van der Waals surface area contributed by atoms with Gasteiger partial charge in [0.05, 0.1) is 17.3 Å². The average Bonchev–Trinajstić information content (AvgIpc) is 2.71. The van der Waals surface area contributed by atoms with Crippen molar-refractivity contribution in [2.45, 2.75) is 46.5 Å². The third kappa shape index (κ3) is 7.63. The number of nitrogens with one attached hydrogen (secondary N) is 2. The summed E-state index contributed by atoms with van der Waals surface area (Å²) in [6.45, 7) is 6.73.